The summed E-state index contributed by atoms with van der Waals surface area (Å²) in [5, 5.41) is 9.36. The fourth-order valence-electron chi connectivity index (χ4n) is 2.83. The second-order valence-electron chi connectivity index (χ2n) is 6.58. The van der Waals surface area contributed by atoms with Gasteiger partial charge in [0.05, 0.1) is 6.61 Å². The number of halogens is 2. The molecule has 1 aromatic carbocycles. The molecule has 0 spiro atoms. The predicted octanol–water partition coefficient (Wildman–Crippen LogP) is 5.16. The summed E-state index contributed by atoms with van der Waals surface area (Å²) in [6, 6.07) is 6.02. The van der Waals surface area contributed by atoms with Crippen LogP contribution in [0.1, 0.15) is 32.1 Å². The number of hydrogen-bond donors (Lipinski definition) is 1. The topological polar surface area (TPSA) is 59.4 Å². The summed E-state index contributed by atoms with van der Waals surface area (Å²) in [5.41, 5.74) is 1.10. The van der Waals surface area contributed by atoms with E-state index in [9.17, 15) is 13.6 Å². The van der Waals surface area contributed by atoms with Gasteiger partial charge < -0.3 is 9.84 Å². The van der Waals surface area contributed by atoms with E-state index < -0.39 is 23.4 Å². The first-order valence-corrected chi connectivity index (χ1v) is 9.95. The van der Waals surface area contributed by atoms with Gasteiger partial charge in [-0.1, -0.05) is 12.5 Å². The van der Waals surface area contributed by atoms with Crippen LogP contribution in [0.2, 0.25) is 0 Å². The van der Waals surface area contributed by atoms with Crippen molar-refractivity contribution in [1.82, 2.24) is 4.98 Å². The number of carboxylic acid groups (broad SMARTS) is 1. The van der Waals surface area contributed by atoms with E-state index in [0.717, 1.165) is 10.8 Å². The Kier molecular flexibility index (Phi) is 6.66. The summed E-state index contributed by atoms with van der Waals surface area (Å²) in [6.07, 6.45) is 5.47. The smallest absolute Gasteiger partial charge is 0.303 e. The van der Waals surface area contributed by atoms with Crippen LogP contribution >= 0.6 is 11.8 Å². The maximum Gasteiger partial charge on any atom is 0.303 e. The minimum absolute atomic E-state index is 0.0606. The quantitative estimate of drug-likeness (QED) is 0.471. The van der Waals surface area contributed by atoms with E-state index in [-0.39, 0.29) is 19.4 Å². The minimum atomic E-state index is -0.974. The van der Waals surface area contributed by atoms with Crippen molar-refractivity contribution in [3.8, 4) is 16.9 Å². The Balaban J connectivity index is 1.74. The molecule has 0 bridgehead atoms. The summed E-state index contributed by atoms with van der Waals surface area (Å²) in [7, 11) is 0. The zero-order valence-electron chi connectivity index (χ0n) is 14.8. The third-order valence-corrected chi connectivity index (χ3v) is 5.78. The van der Waals surface area contributed by atoms with Gasteiger partial charge in [-0.05, 0) is 48.9 Å². The molecule has 0 unspecified atom stereocenters. The number of aliphatic carboxylic acids is 1. The van der Waals surface area contributed by atoms with Gasteiger partial charge in [0.15, 0.2) is 17.4 Å². The molecule has 2 aromatic rings. The fraction of sp³-hybridized carbons (Fsp3) is 0.400. The third kappa shape index (κ3) is 5.19. The van der Waals surface area contributed by atoms with Crippen molar-refractivity contribution in [2.45, 2.75) is 37.1 Å². The number of pyridine rings is 1. The Morgan fingerprint density at radius 1 is 1.30 bits per heavy atom. The molecule has 4 nitrogen and oxygen atoms in total. The average Bonchev–Trinajstić information content (AvgIpc) is 2.59. The largest absolute Gasteiger partial charge is 0.488 e. The van der Waals surface area contributed by atoms with Gasteiger partial charge in [-0.2, -0.15) is 0 Å². The molecular weight excluding hydrogens is 372 g/mol. The lowest BCUT2D eigenvalue weighted by molar-refractivity contribution is -0.137. The van der Waals surface area contributed by atoms with Crippen LogP contribution in [-0.4, -0.2) is 28.4 Å². The first-order chi connectivity index (χ1) is 13.0. The number of carbonyl (C=O) groups is 1. The lowest BCUT2D eigenvalue weighted by atomic mass is 9.87. The molecule has 1 aliphatic carbocycles. The fourth-order valence-corrected chi connectivity index (χ4v) is 4.04. The summed E-state index contributed by atoms with van der Waals surface area (Å²) >= 11 is 1.62. The second kappa shape index (κ2) is 9.17. The summed E-state index contributed by atoms with van der Waals surface area (Å²) in [5.74, 6) is -1.41. The Morgan fingerprint density at radius 2 is 2.04 bits per heavy atom. The van der Waals surface area contributed by atoms with Crippen molar-refractivity contribution >= 4 is 17.7 Å². The zero-order valence-corrected chi connectivity index (χ0v) is 15.6. The van der Waals surface area contributed by atoms with E-state index in [1.165, 1.54) is 31.4 Å². The first kappa shape index (κ1) is 19.6. The van der Waals surface area contributed by atoms with Crippen LogP contribution in [0, 0.1) is 17.6 Å². The Hall–Kier alpha value is -2.15. The molecule has 0 atom stereocenters. The average molecular weight is 393 g/mol. The lowest BCUT2D eigenvalue weighted by Crippen LogP contribution is -2.13. The Bertz CT molecular complexity index is 789. The number of benzene rings is 1. The normalized spacial score (nSPS) is 14.0. The number of rotatable bonds is 9. The van der Waals surface area contributed by atoms with E-state index in [2.05, 4.69) is 4.98 Å². The Morgan fingerprint density at radius 3 is 2.67 bits per heavy atom. The lowest BCUT2D eigenvalue weighted by Gasteiger charge is -2.24. The summed E-state index contributed by atoms with van der Waals surface area (Å²) < 4.78 is 33.9. The molecule has 1 saturated carbocycles. The van der Waals surface area contributed by atoms with E-state index >= 15 is 0 Å². The molecule has 0 amide bonds. The van der Waals surface area contributed by atoms with Crippen LogP contribution in [0.5, 0.6) is 5.75 Å². The standard InChI is InChI=1S/C20H21F2NO3S/c21-16-10-14(11-17(22)19(16)26-9-3-7-18(24)25)15-6-2-8-23-20(15)27-12-13-4-1-5-13/h2,6,8,10-11,13H,1,3-5,7,9,12H2,(H,24,25). The summed E-state index contributed by atoms with van der Waals surface area (Å²) in [6.45, 7) is -0.0606. The van der Waals surface area contributed by atoms with Gasteiger partial charge in [-0.15, -0.1) is 11.8 Å². The van der Waals surface area contributed by atoms with Gasteiger partial charge in [-0.3, -0.25) is 4.79 Å². The van der Waals surface area contributed by atoms with Gasteiger partial charge in [-0.25, -0.2) is 13.8 Å². The molecule has 0 radical (unpaired) electrons. The van der Waals surface area contributed by atoms with Crippen molar-refractivity contribution in [3.05, 3.63) is 42.1 Å². The molecule has 1 aliphatic rings. The molecule has 27 heavy (non-hydrogen) atoms. The van der Waals surface area contributed by atoms with Crippen molar-refractivity contribution in [2.24, 2.45) is 5.92 Å². The minimum Gasteiger partial charge on any atom is -0.488 e. The van der Waals surface area contributed by atoms with Crippen molar-refractivity contribution in [2.75, 3.05) is 12.4 Å². The van der Waals surface area contributed by atoms with Gasteiger partial charge in [0.1, 0.15) is 5.03 Å². The maximum atomic E-state index is 14.4. The molecule has 1 N–H and O–H groups in total. The molecule has 1 aromatic heterocycles. The van der Waals surface area contributed by atoms with Crippen LogP contribution < -0.4 is 4.74 Å². The zero-order chi connectivity index (χ0) is 19.2. The van der Waals surface area contributed by atoms with Gasteiger partial charge in [0.2, 0.25) is 0 Å². The van der Waals surface area contributed by atoms with Crippen LogP contribution in [0.3, 0.4) is 0 Å². The number of carboxylic acids is 1. The highest BCUT2D eigenvalue weighted by molar-refractivity contribution is 7.99. The molecule has 1 heterocycles. The molecule has 7 heteroatoms. The molecule has 0 aliphatic heterocycles. The van der Waals surface area contributed by atoms with Gasteiger partial charge in [0.25, 0.3) is 0 Å². The number of nitrogens with zero attached hydrogens (tertiary/aromatic N) is 1. The van der Waals surface area contributed by atoms with E-state index in [4.69, 9.17) is 9.84 Å². The monoisotopic (exact) mass is 393 g/mol. The first-order valence-electron chi connectivity index (χ1n) is 8.96. The van der Waals surface area contributed by atoms with Crippen molar-refractivity contribution in [3.63, 3.8) is 0 Å². The van der Waals surface area contributed by atoms with Gasteiger partial charge in [0, 0.05) is 23.9 Å². The van der Waals surface area contributed by atoms with E-state index in [0.29, 0.717) is 17.0 Å². The molecule has 144 valence electrons. The number of ether oxygens (including phenoxy) is 1. The van der Waals surface area contributed by atoms with Crippen LogP contribution in [0.4, 0.5) is 8.78 Å². The number of thioether (sulfide) groups is 1. The van der Waals surface area contributed by atoms with Crippen LogP contribution in [0.25, 0.3) is 11.1 Å². The van der Waals surface area contributed by atoms with E-state index in [1.807, 2.05) is 0 Å². The Labute approximate surface area is 161 Å². The summed E-state index contributed by atoms with van der Waals surface area (Å²) in [4.78, 5) is 14.9. The van der Waals surface area contributed by atoms with Crippen molar-refractivity contribution < 1.29 is 23.4 Å². The van der Waals surface area contributed by atoms with Crippen LogP contribution in [0.15, 0.2) is 35.5 Å². The molecule has 0 saturated heterocycles. The molecular formula is C20H21F2NO3S. The SMILES string of the molecule is O=C(O)CCCOc1c(F)cc(-c2cccnc2SCC2CCC2)cc1F. The molecule has 1 fully saturated rings. The molecule has 3 rings (SSSR count). The highest BCUT2D eigenvalue weighted by atomic mass is 32.2. The van der Waals surface area contributed by atoms with Gasteiger partial charge >= 0.3 is 5.97 Å². The third-order valence-electron chi connectivity index (χ3n) is 4.54. The van der Waals surface area contributed by atoms with Crippen LogP contribution in [-0.2, 0) is 4.79 Å². The highest BCUT2D eigenvalue weighted by Crippen LogP contribution is 2.37. The number of hydrogen-bond acceptors (Lipinski definition) is 4. The highest BCUT2D eigenvalue weighted by Gasteiger charge is 2.20. The number of aromatic nitrogens is 1. The maximum absolute atomic E-state index is 14.4. The van der Waals surface area contributed by atoms with E-state index in [1.54, 1.807) is 30.1 Å². The predicted molar refractivity (Wildman–Crippen MR) is 100 cm³/mol. The second-order valence-corrected chi connectivity index (χ2v) is 7.59. The van der Waals surface area contributed by atoms with Crippen molar-refractivity contribution in [1.29, 1.82) is 0 Å².